The van der Waals surface area contributed by atoms with Crippen molar-refractivity contribution < 1.29 is 17.7 Å². The van der Waals surface area contributed by atoms with Gasteiger partial charge < -0.3 is 5.32 Å². The van der Waals surface area contributed by atoms with Gasteiger partial charge in [0.25, 0.3) is 15.7 Å². The number of hydrogen-bond donors (Lipinski definition) is 2. The van der Waals surface area contributed by atoms with Gasteiger partial charge in [0.1, 0.15) is 5.82 Å². The van der Waals surface area contributed by atoms with Crippen molar-refractivity contribution in [1.29, 1.82) is 0 Å². The molecular formula is C20H14FN5O4S. The average molecular weight is 439 g/mol. The summed E-state index contributed by atoms with van der Waals surface area (Å²) in [4.78, 5) is 18.6. The third-order valence-electron chi connectivity index (χ3n) is 4.27. The number of nitro groups is 1. The number of anilines is 3. The molecule has 9 nitrogen and oxygen atoms in total. The highest BCUT2D eigenvalue weighted by Gasteiger charge is 2.21. The van der Waals surface area contributed by atoms with Gasteiger partial charge in [0.2, 0.25) is 0 Å². The summed E-state index contributed by atoms with van der Waals surface area (Å²) < 4.78 is 42.2. The minimum atomic E-state index is -4.25. The molecule has 1 aromatic heterocycles. The van der Waals surface area contributed by atoms with Gasteiger partial charge in [0.05, 0.1) is 26.5 Å². The number of hydrogen-bond acceptors (Lipinski definition) is 7. The summed E-state index contributed by atoms with van der Waals surface area (Å²) >= 11 is 0. The second-order valence-electron chi connectivity index (χ2n) is 6.37. The smallest absolute Gasteiger partial charge is 0.270 e. The van der Waals surface area contributed by atoms with Crippen LogP contribution in [0.15, 0.2) is 77.7 Å². The van der Waals surface area contributed by atoms with Gasteiger partial charge in [-0.05, 0) is 30.3 Å². The largest absolute Gasteiger partial charge is 0.335 e. The molecule has 3 aromatic carbocycles. The normalized spacial score (nSPS) is 11.3. The van der Waals surface area contributed by atoms with Crippen LogP contribution in [0.3, 0.4) is 0 Å². The van der Waals surface area contributed by atoms with E-state index in [0.29, 0.717) is 11.0 Å². The molecule has 0 fully saturated rings. The van der Waals surface area contributed by atoms with E-state index in [1.165, 1.54) is 36.4 Å². The highest BCUT2D eigenvalue weighted by atomic mass is 32.2. The molecule has 0 aliphatic carbocycles. The SMILES string of the molecule is O=[N+]([O-])c1cccc(S(=O)(=O)Nc2nc3ccccc3nc2Nc2ccccc2F)c1. The van der Waals surface area contributed by atoms with Crippen molar-refractivity contribution in [2.75, 3.05) is 10.0 Å². The Hall–Kier alpha value is -4.12. The fourth-order valence-electron chi connectivity index (χ4n) is 2.80. The molecular weight excluding hydrogens is 425 g/mol. The van der Waals surface area contributed by atoms with Crippen LogP contribution in [0.2, 0.25) is 0 Å². The van der Waals surface area contributed by atoms with E-state index in [0.717, 1.165) is 6.07 Å². The molecule has 0 amide bonds. The van der Waals surface area contributed by atoms with Crippen molar-refractivity contribution in [3.63, 3.8) is 0 Å². The van der Waals surface area contributed by atoms with Crippen LogP contribution in [0.4, 0.5) is 27.4 Å². The lowest BCUT2D eigenvalue weighted by molar-refractivity contribution is -0.385. The van der Waals surface area contributed by atoms with E-state index < -0.39 is 20.8 Å². The molecule has 31 heavy (non-hydrogen) atoms. The topological polar surface area (TPSA) is 127 Å². The Labute approximate surface area is 175 Å². The number of rotatable bonds is 6. The number of benzene rings is 3. The highest BCUT2D eigenvalue weighted by molar-refractivity contribution is 7.92. The maximum absolute atomic E-state index is 14.1. The van der Waals surface area contributed by atoms with Crippen molar-refractivity contribution in [2.24, 2.45) is 0 Å². The molecule has 4 rings (SSSR count). The first-order valence-electron chi connectivity index (χ1n) is 8.89. The fraction of sp³-hybridized carbons (Fsp3) is 0. The summed E-state index contributed by atoms with van der Waals surface area (Å²) in [6, 6.07) is 17.2. The zero-order valence-corrected chi connectivity index (χ0v) is 16.5. The van der Waals surface area contributed by atoms with Crippen LogP contribution in [0, 0.1) is 15.9 Å². The Balaban J connectivity index is 1.79. The van der Waals surface area contributed by atoms with Crippen LogP contribution in [0.1, 0.15) is 0 Å². The number of sulfonamides is 1. The van der Waals surface area contributed by atoms with Gasteiger partial charge in [-0.1, -0.05) is 30.3 Å². The van der Waals surface area contributed by atoms with Gasteiger partial charge >= 0.3 is 0 Å². The average Bonchev–Trinajstić information content (AvgIpc) is 2.75. The van der Waals surface area contributed by atoms with Crippen LogP contribution in [0.25, 0.3) is 11.0 Å². The molecule has 0 spiro atoms. The van der Waals surface area contributed by atoms with E-state index in [9.17, 15) is 22.9 Å². The number of nitrogens with zero attached hydrogens (tertiary/aromatic N) is 3. The Morgan fingerprint density at radius 1 is 0.871 bits per heavy atom. The maximum atomic E-state index is 14.1. The quantitative estimate of drug-likeness (QED) is 0.340. The lowest BCUT2D eigenvalue weighted by Gasteiger charge is -2.14. The van der Waals surface area contributed by atoms with E-state index in [1.807, 2.05) is 0 Å². The molecule has 0 unspecified atom stereocenters. The first-order valence-corrected chi connectivity index (χ1v) is 10.4. The number of non-ortho nitro benzene ring substituents is 1. The summed E-state index contributed by atoms with van der Waals surface area (Å²) in [6.45, 7) is 0. The predicted molar refractivity (Wildman–Crippen MR) is 113 cm³/mol. The summed E-state index contributed by atoms with van der Waals surface area (Å²) in [5.41, 5.74) is 0.554. The van der Waals surface area contributed by atoms with Gasteiger partial charge in [0, 0.05) is 12.1 Å². The Kier molecular flexibility index (Phi) is 5.17. The highest BCUT2D eigenvalue weighted by Crippen LogP contribution is 2.28. The summed E-state index contributed by atoms with van der Waals surface area (Å²) in [6.07, 6.45) is 0. The zero-order chi connectivity index (χ0) is 22.0. The lowest BCUT2D eigenvalue weighted by Crippen LogP contribution is -2.16. The summed E-state index contributed by atoms with van der Waals surface area (Å²) in [5, 5.41) is 13.7. The van der Waals surface area contributed by atoms with Crippen molar-refractivity contribution in [2.45, 2.75) is 4.90 Å². The molecule has 0 radical (unpaired) electrons. The summed E-state index contributed by atoms with van der Waals surface area (Å²) in [5.74, 6) is -0.781. The molecule has 0 aliphatic rings. The van der Waals surface area contributed by atoms with Gasteiger partial charge in [-0.3, -0.25) is 14.8 Å². The number of nitrogens with one attached hydrogen (secondary N) is 2. The van der Waals surface area contributed by atoms with E-state index in [2.05, 4.69) is 20.0 Å². The Morgan fingerprint density at radius 3 is 2.19 bits per heavy atom. The number of para-hydroxylation sites is 3. The number of nitro benzene ring substituents is 1. The Morgan fingerprint density at radius 2 is 1.52 bits per heavy atom. The maximum Gasteiger partial charge on any atom is 0.270 e. The minimum absolute atomic E-state index is 0.0298. The fourth-order valence-corrected chi connectivity index (χ4v) is 3.85. The standard InChI is InChI=1S/C20H14FN5O4S/c21-15-8-1-2-9-16(15)22-19-20(24-18-11-4-3-10-17(18)23-19)25-31(29,30)14-7-5-6-13(12-14)26(27)28/h1-12H,(H,22,23)(H,24,25). The number of halogens is 1. The number of fused-ring (bicyclic) bond motifs is 1. The van der Waals surface area contributed by atoms with E-state index in [1.54, 1.807) is 30.3 Å². The molecule has 0 atom stereocenters. The van der Waals surface area contributed by atoms with Crippen LogP contribution in [-0.2, 0) is 10.0 Å². The third kappa shape index (κ3) is 4.26. The van der Waals surface area contributed by atoms with Crippen molar-refractivity contribution in [3.05, 3.63) is 88.7 Å². The van der Waals surface area contributed by atoms with Crippen LogP contribution < -0.4 is 10.0 Å². The second kappa shape index (κ2) is 7.95. The van der Waals surface area contributed by atoms with Crippen molar-refractivity contribution in [1.82, 2.24) is 9.97 Å². The second-order valence-corrected chi connectivity index (χ2v) is 8.06. The monoisotopic (exact) mass is 439 g/mol. The van der Waals surface area contributed by atoms with Gasteiger partial charge in [-0.25, -0.2) is 22.8 Å². The lowest BCUT2D eigenvalue weighted by atomic mass is 10.3. The third-order valence-corrected chi connectivity index (χ3v) is 5.60. The predicted octanol–water partition coefficient (Wildman–Crippen LogP) is 4.22. The molecule has 0 saturated heterocycles. The molecule has 4 aromatic rings. The van der Waals surface area contributed by atoms with Gasteiger partial charge in [-0.2, -0.15) is 0 Å². The van der Waals surface area contributed by atoms with Gasteiger partial charge in [-0.15, -0.1) is 0 Å². The van der Waals surface area contributed by atoms with Crippen LogP contribution in [-0.4, -0.2) is 23.3 Å². The molecule has 0 bridgehead atoms. The summed E-state index contributed by atoms with van der Waals surface area (Å²) in [7, 11) is -4.25. The first-order chi connectivity index (χ1) is 14.8. The van der Waals surface area contributed by atoms with Crippen molar-refractivity contribution >= 4 is 44.1 Å². The van der Waals surface area contributed by atoms with Crippen molar-refractivity contribution in [3.8, 4) is 0 Å². The molecule has 0 aliphatic heterocycles. The van der Waals surface area contributed by atoms with Crippen LogP contribution in [0.5, 0.6) is 0 Å². The first kappa shape index (κ1) is 20.2. The molecule has 156 valence electrons. The van der Waals surface area contributed by atoms with E-state index in [-0.39, 0.29) is 27.9 Å². The van der Waals surface area contributed by atoms with E-state index in [4.69, 9.17) is 0 Å². The minimum Gasteiger partial charge on any atom is -0.335 e. The molecule has 1 heterocycles. The number of aromatic nitrogens is 2. The Bertz CT molecular complexity index is 1410. The van der Waals surface area contributed by atoms with Crippen LogP contribution >= 0.6 is 0 Å². The zero-order valence-electron chi connectivity index (χ0n) is 15.7. The van der Waals surface area contributed by atoms with Gasteiger partial charge in [0.15, 0.2) is 11.6 Å². The molecule has 2 N–H and O–H groups in total. The van der Waals surface area contributed by atoms with E-state index >= 15 is 0 Å². The molecule has 0 saturated carbocycles. The molecule has 11 heteroatoms.